The average molecular weight is 290 g/mol. The van der Waals surface area contributed by atoms with Crippen LogP contribution in [-0.4, -0.2) is 12.7 Å². The lowest BCUT2D eigenvalue weighted by atomic mass is 9.80. The van der Waals surface area contributed by atoms with Crippen LogP contribution >= 0.6 is 0 Å². The molecule has 0 saturated heterocycles. The van der Waals surface area contributed by atoms with Crippen molar-refractivity contribution in [2.24, 2.45) is 5.84 Å². The van der Waals surface area contributed by atoms with Gasteiger partial charge in [0.1, 0.15) is 0 Å². The molecule has 3 heteroatoms. The molecule has 0 radical (unpaired) electrons. The minimum absolute atomic E-state index is 0.0555. The first kappa shape index (κ1) is 16.5. The monoisotopic (exact) mass is 290 g/mol. The van der Waals surface area contributed by atoms with Crippen LogP contribution in [-0.2, 0) is 4.74 Å². The number of rotatable bonds is 4. The molecule has 1 aliphatic rings. The fraction of sp³-hybridized carbons (Fsp3) is 0.667. The summed E-state index contributed by atoms with van der Waals surface area (Å²) in [6.07, 6.45) is 7.18. The van der Waals surface area contributed by atoms with Gasteiger partial charge in [0.05, 0.1) is 11.6 Å². The molecule has 1 aromatic carbocycles. The van der Waals surface area contributed by atoms with Crippen LogP contribution in [0, 0.1) is 20.8 Å². The lowest BCUT2D eigenvalue weighted by Gasteiger charge is -2.40. The van der Waals surface area contributed by atoms with Gasteiger partial charge in [-0.1, -0.05) is 37.8 Å². The molecular weight excluding hydrogens is 260 g/mol. The van der Waals surface area contributed by atoms with E-state index in [1.807, 2.05) is 7.11 Å². The number of benzene rings is 1. The average Bonchev–Trinajstić information content (AvgIpc) is 2.71. The van der Waals surface area contributed by atoms with Crippen molar-refractivity contribution < 1.29 is 4.74 Å². The van der Waals surface area contributed by atoms with Crippen LogP contribution in [0.1, 0.15) is 66.8 Å². The number of aryl methyl sites for hydroxylation is 3. The Hall–Kier alpha value is -0.900. The summed E-state index contributed by atoms with van der Waals surface area (Å²) >= 11 is 0. The van der Waals surface area contributed by atoms with Crippen molar-refractivity contribution in [3.63, 3.8) is 0 Å². The quantitative estimate of drug-likeness (QED) is 0.503. The number of nitrogens with two attached hydrogens (primary N) is 1. The van der Waals surface area contributed by atoms with Gasteiger partial charge in [-0.05, 0) is 55.9 Å². The molecular formula is C18H30N2O. The van der Waals surface area contributed by atoms with E-state index < -0.39 is 0 Å². The largest absolute Gasteiger partial charge is 0.376 e. The Labute approximate surface area is 129 Å². The van der Waals surface area contributed by atoms with E-state index in [0.29, 0.717) is 0 Å². The summed E-state index contributed by atoms with van der Waals surface area (Å²) in [4.78, 5) is 0. The molecule has 1 atom stereocenters. The van der Waals surface area contributed by atoms with Gasteiger partial charge in [-0.2, -0.15) is 0 Å². The normalized spacial score (nSPS) is 20.0. The second-order valence-corrected chi connectivity index (χ2v) is 6.58. The maximum atomic E-state index is 6.05. The highest BCUT2D eigenvalue weighted by Crippen LogP contribution is 2.41. The molecule has 1 saturated carbocycles. The Morgan fingerprint density at radius 1 is 1.00 bits per heavy atom. The molecule has 21 heavy (non-hydrogen) atoms. The van der Waals surface area contributed by atoms with Gasteiger partial charge in [0.25, 0.3) is 0 Å². The van der Waals surface area contributed by atoms with E-state index in [-0.39, 0.29) is 11.6 Å². The van der Waals surface area contributed by atoms with Crippen molar-refractivity contribution in [2.75, 3.05) is 7.11 Å². The topological polar surface area (TPSA) is 47.3 Å². The molecule has 1 unspecified atom stereocenters. The lowest BCUT2D eigenvalue weighted by molar-refractivity contribution is -0.0543. The van der Waals surface area contributed by atoms with Crippen LogP contribution in [0.5, 0.6) is 0 Å². The van der Waals surface area contributed by atoms with Gasteiger partial charge in [0.2, 0.25) is 0 Å². The van der Waals surface area contributed by atoms with Gasteiger partial charge in [-0.15, -0.1) is 0 Å². The molecule has 1 aliphatic carbocycles. The fourth-order valence-corrected chi connectivity index (χ4v) is 3.76. The Kier molecular flexibility index (Phi) is 5.42. The predicted molar refractivity (Wildman–Crippen MR) is 88.2 cm³/mol. The van der Waals surface area contributed by atoms with Crippen molar-refractivity contribution >= 4 is 0 Å². The zero-order chi connectivity index (χ0) is 15.5. The maximum Gasteiger partial charge on any atom is 0.0885 e. The van der Waals surface area contributed by atoms with Crippen molar-refractivity contribution in [2.45, 2.75) is 70.9 Å². The highest BCUT2D eigenvalue weighted by Gasteiger charge is 2.40. The van der Waals surface area contributed by atoms with Gasteiger partial charge >= 0.3 is 0 Å². The maximum absolute atomic E-state index is 6.05. The Morgan fingerprint density at radius 2 is 1.57 bits per heavy atom. The van der Waals surface area contributed by atoms with Gasteiger partial charge in [0, 0.05) is 7.11 Å². The van der Waals surface area contributed by atoms with Crippen LogP contribution < -0.4 is 11.3 Å². The minimum Gasteiger partial charge on any atom is -0.376 e. The van der Waals surface area contributed by atoms with Crippen LogP contribution in [0.15, 0.2) is 12.1 Å². The summed E-state index contributed by atoms with van der Waals surface area (Å²) in [5.74, 6) is 5.97. The van der Waals surface area contributed by atoms with E-state index in [1.165, 1.54) is 47.9 Å². The Balaban J connectivity index is 2.43. The van der Waals surface area contributed by atoms with Gasteiger partial charge in [-0.25, -0.2) is 0 Å². The first-order valence-electron chi connectivity index (χ1n) is 8.13. The number of methoxy groups -OCH3 is 1. The van der Waals surface area contributed by atoms with Gasteiger partial charge < -0.3 is 4.74 Å². The molecule has 0 heterocycles. The van der Waals surface area contributed by atoms with Crippen LogP contribution in [0.2, 0.25) is 0 Å². The SMILES string of the molecule is COC1(C(NN)c2cc(C)c(C)cc2C)CCCCCC1. The number of hydrogen-bond acceptors (Lipinski definition) is 3. The zero-order valence-corrected chi connectivity index (χ0v) is 14.0. The van der Waals surface area contributed by atoms with Gasteiger partial charge in [0.15, 0.2) is 0 Å². The molecule has 0 amide bonds. The van der Waals surface area contributed by atoms with Crippen molar-refractivity contribution in [1.29, 1.82) is 0 Å². The third-order valence-electron chi connectivity index (χ3n) is 5.24. The Bertz CT molecular complexity index is 476. The van der Waals surface area contributed by atoms with E-state index >= 15 is 0 Å². The molecule has 2 rings (SSSR count). The van der Waals surface area contributed by atoms with E-state index in [9.17, 15) is 0 Å². The number of nitrogens with one attached hydrogen (secondary N) is 1. The number of hydrazine groups is 1. The molecule has 0 aliphatic heterocycles. The van der Waals surface area contributed by atoms with E-state index in [1.54, 1.807) is 0 Å². The highest BCUT2D eigenvalue weighted by atomic mass is 16.5. The predicted octanol–water partition coefficient (Wildman–Crippen LogP) is 3.86. The van der Waals surface area contributed by atoms with E-state index in [4.69, 9.17) is 10.6 Å². The smallest absolute Gasteiger partial charge is 0.0885 e. The second-order valence-electron chi connectivity index (χ2n) is 6.58. The molecule has 1 fully saturated rings. The second kappa shape index (κ2) is 6.91. The summed E-state index contributed by atoms with van der Waals surface area (Å²) in [5, 5.41) is 0. The molecule has 1 aromatic rings. The van der Waals surface area contributed by atoms with E-state index in [2.05, 4.69) is 38.3 Å². The summed E-state index contributed by atoms with van der Waals surface area (Å²) in [5.41, 5.74) is 8.11. The zero-order valence-electron chi connectivity index (χ0n) is 14.0. The fourth-order valence-electron chi connectivity index (χ4n) is 3.76. The van der Waals surface area contributed by atoms with Crippen molar-refractivity contribution in [3.8, 4) is 0 Å². The molecule has 118 valence electrons. The molecule has 0 aromatic heterocycles. The van der Waals surface area contributed by atoms with Crippen molar-refractivity contribution in [3.05, 3.63) is 34.4 Å². The summed E-state index contributed by atoms with van der Waals surface area (Å²) in [6.45, 7) is 6.50. The summed E-state index contributed by atoms with van der Waals surface area (Å²) < 4.78 is 6.05. The molecule has 0 spiro atoms. The first-order chi connectivity index (χ1) is 10.0. The summed E-state index contributed by atoms with van der Waals surface area (Å²) in [6, 6.07) is 4.59. The van der Waals surface area contributed by atoms with Crippen LogP contribution in [0.25, 0.3) is 0 Å². The lowest BCUT2D eigenvalue weighted by Crippen LogP contribution is -2.48. The van der Waals surface area contributed by atoms with E-state index in [0.717, 1.165) is 12.8 Å². The third-order valence-corrected chi connectivity index (χ3v) is 5.24. The van der Waals surface area contributed by atoms with Crippen LogP contribution in [0.3, 0.4) is 0 Å². The van der Waals surface area contributed by atoms with Crippen molar-refractivity contribution in [1.82, 2.24) is 5.43 Å². The summed E-state index contributed by atoms with van der Waals surface area (Å²) in [7, 11) is 1.84. The standard InChI is InChI=1S/C18H30N2O/c1-13-11-15(3)16(12-14(13)2)17(20-19)18(21-4)9-7-5-6-8-10-18/h11-12,17,20H,5-10,19H2,1-4H3. The highest BCUT2D eigenvalue weighted by molar-refractivity contribution is 5.39. The molecule has 3 nitrogen and oxygen atoms in total. The Morgan fingerprint density at radius 3 is 2.10 bits per heavy atom. The van der Waals surface area contributed by atoms with Gasteiger partial charge in [-0.3, -0.25) is 11.3 Å². The molecule has 0 bridgehead atoms. The minimum atomic E-state index is -0.183. The third kappa shape index (κ3) is 3.31. The van der Waals surface area contributed by atoms with Crippen LogP contribution in [0.4, 0.5) is 0 Å². The number of hydrogen-bond donors (Lipinski definition) is 2. The number of ether oxygens (including phenoxy) is 1. The molecule has 3 N–H and O–H groups in total. The first-order valence-corrected chi connectivity index (χ1v) is 8.13.